The first kappa shape index (κ1) is 26.5. The SMILES string of the molecule is Cc1c(O)n(-c2ccc(S(=O)(=O)C(F)(F)F)cc2)c(=O)n1Cc1ccncc1NNC(=O)c1ccccc1. The van der Waals surface area contributed by atoms with Gasteiger partial charge in [-0.2, -0.15) is 13.2 Å². The summed E-state index contributed by atoms with van der Waals surface area (Å²) in [6.45, 7) is 1.39. The minimum atomic E-state index is -5.57. The van der Waals surface area contributed by atoms with Crippen LogP contribution in [0.15, 0.2) is 82.7 Å². The molecule has 1 amide bonds. The predicted molar refractivity (Wildman–Crippen MR) is 131 cm³/mol. The van der Waals surface area contributed by atoms with Crippen LogP contribution in [0.25, 0.3) is 5.69 Å². The van der Waals surface area contributed by atoms with Crippen molar-refractivity contribution in [3.8, 4) is 11.6 Å². The quantitative estimate of drug-likeness (QED) is 0.303. The third kappa shape index (κ3) is 4.98. The molecule has 0 unspecified atom stereocenters. The number of hydrogen-bond donors (Lipinski definition) is 3. The van der Waals surface area contributed by atoms with E-state index in [2.05, 4.69) is 15.8 Å². The van der Waals surface area contributed by atoms with Gasteiger partial charge in [0, 0.05) is 17.3 Å². The molecule has 0 spiro atoms. The molecule has 38 heavy (non-hydrogen) atoms. The lowest BCUT2D eigenvalue weighted by molar-refractivity contribution is -0.0436. The average molecular weight is 548 g/mol. The lowest BCUT2D eigenvalue weighted by Gasteiger charge is -2.13. The molecule has 4 aromatic rings. The molecule has 2 aromatic heterocycles. The Kier molecular flexibility index (Phi) is 7.00. The van der Waals surface area contributed by atoms with Crippen LogP contribution in [0.1, 0.15) is 21.6 Å². The maximum absolute atomic E-state index is 13.2. The highest BCUT2D eigenvalue weighted by Crippen LogP contribution is 2.31. The first-order valence-corrected chi connectivity index (χ1v) is 12.4. The number of imidazole rings is 1. The molecule has 198 valence electrons. The predicted octanol–water partition coefficient (Wildman–Crippen LogP) is 3.15. The van der Waals surface area contributed by atoms with Gasteiger partial charge in [-0.15, -0.1) is 0 Å². The van der Waals surface area contributed by atoms with Crippen molar-refractivity contribution in [3.63, 3.8) is 0 Å². The molecule has 0 fully saturated rings. The van der Waals surface area contributed by atoms with E-state index in [9.17, 15) is 36.3 Å². The van der Waals surface area contributed by atoms with Crippen LogP contribution < -0.4 is 16.5 Å². The van der Waals surface area contributed by atoms with E-state index >= 15 is 0 Å². The van der Waals surface area contributed by atoms with Crippen molar-refractivity contribution in [1.82, 2.24) is 19.5 Å². The van der Waals surface area contributed by atoms with Gasteiger partial charge in [0.15, 0.2) is 0 Å². The van der Waals surface area contributed by atoms with Crippen LogP contribution in [-0.4, -0.2) is 39.1 Å². The number of carbonyl (C=O) groups excluding carboxylic acids is 1. The van der Waals surface area contributed by atoms with E-state index in [4.69, 9.17) is 0 Å². The summed E-state index contributed by atoms with van der Waals surface area (Å²) in [6, 6.07) is 13.4. The van der Waals surface area contributed by atoms with Gasteiger partial charge < -0.3 is 5.11 Å². The summed E-state index contributed by atoms with van der Waals surface area (Å²) in [5, 5.41) is 10.6. The van der Waals surface area contributed by atoms with E-state index in [1.165, 1.54) is 23.9 Å². The zero-order chi connectivity index (χ0) is 27.7. The number of sulfone groups is 1. The number of halogens is 3. The first-order valence-electron chi connectivity index (χ1n) is 10.9. The van der Waals surface area contributed by atoms with E-state index in [0.29, 0.717) is 28.9 Å². The van der Waals surface area contributed by atoms with Gasteiger partial charge in [-0.25, -0.2) is 17.8 Å². The van der Waals surface area contributed by atoms with Gasteiger partial charge in [-0.1, -0.05) is 18.2 Å². The molecule has 3 N–H and O–H groups in total. The molecule has 0 saturated carbocycles. The van der Waals surface area contributed by atoms with Gasteiger partial charge in [-0.05, 0) is 49.4 Å². The number of carbonyl (C=O) groups is 1. The average Bonchev–Trinajstić information content (AvgIpc) is 3.10. The molecular weight excluding hydrogens is 527 g/mol. The van der Waals surface area contributed by atoms with Crippen LogP contribution in [0.2, 0.25) is 0 Å². The third-order valence-electron chi connectivity index (χ3n) is 5.66. The highest BCUT2D eigenvalue weighted by Gasteiger charge is 2.46. The van der Waals surface area contributed by atoms with Crippen molar-refractivity contribution < 1.29 is 31.5 Å². The lowest BCUT2D eigenvalue weighted by atomic mass is 10.2. The molecule has 0 atom stereocenters. The summed E-state index contributed by atoms with van der Waals surface area (Å²) < 4.78 is 63.8. The molecule has 0 bridgehead atoms. The number of benzene rings is 2. The fourth-order valence-corrected chi connectivity index (χ4v) is 4.36. The molecule has 0 saturated heterocycles. The van der Waals surface area contributed by atoms with Crippen LogP contribution in [0.5, 0.6) is 5.88 Å². The Bertz CT molecular complexity index is 1650. The van der Waals surface area contributed by atoms with Crippen molar-refractivity contribution in [1.29, 1.82) is 0 Å². The number of hydrazine groups is 1. The number of alkyl halides is 3. The van der Waals surface area contributed by atoms with Gasteiger partial charge in [0.05, 0.1) is 34.7 Å². The van der Waals surface area contributed by atoms with Crippen LogP contribution in [0.4, 0.5) is 18.9 Å². The fraction of sp³-hybridized carbons (Fsp3) is 0.125. The number of aromatic hydroxyl groups is 1. The Balaban J connectivity index is 1.61. The lowest BCUT2D eigenvalue weighted by Crippen LogP contribution is -2.30. The van der Waals surface area contributed by atoms with E-state index in [1.807, 2.05) is 0 Å². The Hall–Kier alpha value is -4.59. The second kappa shape index (κ2) is 10.0. The van der Waals surface area contributed by atoms with Crippen molar-refractivity contribution in [2.75, 3.05) is 5.43 Å². The monoisotopic (exact) mass is 547 g/mol. The maximum Gasteiger partial charge on any atom is 0.501 e. The van der Waals surface area contributed by atoms with Gasteiger partial charge in [0.25, 0.3) is 15.7 Å². The molecule has 2 heterocycles. The highest BCUT2D eigenvalue weighted by atomic mass is 32.2. The zero-order valence-electron chi connectivity index (χ0n) is 19.6. The Morgan fingerprint density at radius 2 is 1.71 bits per heavy atom. The highest BCUT2D eigenvalue weighted by molar-refractivity contribution is 7.92. The topological polar surface area (TPSA) is 135 Å². The molecule has 14 heteroatoms. The summed E-state index contributed by atoms with van der Waals surface area (Å²) in [5.41, 5.74) is 0.479. The van der Waals surface area contributed by atoms with E-state index in [1.54, 1.807) is 36.4 Å². The standard InChI is InChI=1S/C24H20F3N5O5S/c1-15-22(34)32(18-7-9-19(10-8-18)38(36,37)24(25,26)27)23(35)31(15)14-17-11-12-28-13-20(17)29-30-21(33)16-5-3-2-4-6-16/h2-13,29,34H,14H2,1H3,(H,30,33). The summed E-state index contributed by atoms with van der Waals surface area (Å²) in [7, 11) is -5.57. The van der Waals surface area contributed by atoms with Gasteiger partial charge in [0.2, 0.25) is 5.88 Å². The normalized spacial score (nSPS) is 11.8. The molecule has 0 aliphatic carbocycles. The van der Waals surface area contributed by atoms with Crippen molar-refractivity contribution >= 4 is 21.4 Å². The van der Waals surface area contributed by atoms with Crippen LogP contribution in [0, 0.1) is 6.92 Å². The van der Waals surface area contributed by atoms with Crippen molar-refractivity contribution in [2.24, 2.45) is 0 Å². The fourth-order valence-electron chi connectivity index (χ4n) is 3.59. The second-order valence-corrected chi connectivity index (χ2v) is 9.98. The molecule has 0 aliphatic heterocycles. The largest absolute Gasteiger partial charge is 0.501 e. The number of aromatic nitrogens is 3. The first-order chi connectivity index (χ1) is 17.9. The number of anilines is 1. The van der Waals surface area contributed by atoms with Crippen LogP contribution in [0.3, 0.4) is 0 Å². The van der Waals surface area contributed by atoms with E-state index < -0.39 is 37.7 Å². The number of amides is 1. The van der Waals surface area contributed by atoms with E-state index in [-0.39, 0.29) is 17.9 Å². The Morgan fingerprint density at radius 3 is 2.34 bits per heavy atom. The summed E-state index contributed by atoms with van der Waals surface area (Å²) >= 11 is 0. The Morgan fingerprint density at radius 1 is 1.05 bits per heavy atom. The zero-order valence-corrected chi connectivity index (χ0v) is 20.4. The van der Waals surface area contributed by atoms with Crippen molar-refractivity contribution in [3.05, 3.63) is 100 Å². The summed E-state index contributed by atoms with van der Waals surface area (Å²) in [5.74, 6) is -0.893. The minimum Gasteiger partial charge on any atom is -0.493 e. The van der Waals surface area contributed by atoms with Crippen molar-refractivity contribution in [2.45, 2.75) is 23.9 Å². The molecular formula is C24H20F3N5O5S. The number of rotatable bonds is 7. The van der Waals surface area contributed by atoms with Gasteiger partial charge in [-0.3, -0.25) is 25.2 Å². The molecule has 2 aromatic carbocycles. The van der Waals surface area contributed by atoms with Gasteiger partial charge >= 0.3 is 11.2 Å². The summed E-state index contributed by atoms with van der Waals surface area (Å²) in [6.07, 6.45) is 2.90. The molecule has 0 aliphatic rings. The Labute approximate surface area is 213 Å². The number of nitrogens with zero attached hydrogens (tertiary/aromatic N) is 3. The minimum absolute atomic E-state index is 0.0429. The number of nitrogens with one attached hydrogen (secondary N) is 2. The molecule has 4 rings (SSSR count). The number of hydrogen-bond acceptors (Lipinski definition) is 7. The third-order valence-corrected chi connectivity index (χ3v) is 7.16. The summed E-state index contributed by atoms with van der Waals surface area (Å²) in [4.78, 5) is 28.6. The van der Waals surface area contributed by atoms with E-state index in [0.717, 1.165) is 16.7 Å². The molecule has 10 nitrogen and oxygen atoms in total. The molecule has 0 radical (unpaired) electrons. The van der Waals surface area contributed by atoms with Gasteiger partial charge in [0.1, 0.15) is 0 Å². The van der Waals surface area contributed by atoms with Crippen LogP contribution in [-0.2, 0) is 16.4 Å². The number of pyridine rings is 1. The second-order valence-electron chi connectivity index (χ2n) is 8.03. The van der Waals surface area contributed by atoms with Crippen LogP contribution >= 0.6 is 0 Å². The maximum atomic E-state index is 13.2. The smallest absolute Gasteiger partial charge is 0.493 e.